The van der Waals surface area contributed by atoms with Crippen molar-refractivity contribution < 1.29 is 9.84 Å². The first-order chi connectivity index (χ1) is 10.1. The van der Waals surface area contributed by atoms with E-state index in [4.69, 9.17) is 4.74 Å². The Hall–Kier alpha value is -0.910. The van der Waals surface area contributed by atoms with Crippen molar-refractivity contribution in [3.63, 3.8) is 0 Å². The maximum atomic E-state index is 10.3. The number of rotatable bonds is 3. The molecule has 0 aliphatic carbocycles. The highest BCUT2D eigenvalue weighted by atomic mass is 16.5. The van der Waals surface area contributed by atoms with E-state index in [1.54, 1.807) is 0 Å². The van der Waals surface area contributed by atoms with Crippen molar-refractivity contribution >= 4 is 0 Å². The van der Waals surface area contributed by atoms with Gasteiger partial charge in [0.25, 0.3) is 0 Å². The predicted molar refractivity (Wildman–Crippen MR) is 81.2 cm³/mol. The van der Waals surface area contributed by atoms with Crippen molar-refractivity contribution in [1.29, 1.82) is 0 Å². The monoisotopic (exact) mass is 293 g/mol. The van der Waals surface area contributed by atoms with Gasteiger partial charge in [-0.1, -0.05) is 0 Å². The second-order valence-electron chi connectivity index (χ2n) is 6.50. The molecular formula is C16H27N3O2. The van der Waals surface area contributed by atoms with E-state index in [9.17, 15) is 5.11 Å². The van der Waals surface area contributed by atoms with Gasteiger partial charge in [-0.25, -0.2) is 0 Å². The van der Waals surface area contributed by atoms with E-state index in [1.807, 2.05) is 0 Å². The molecule has 3 rings (SSSR count). The fourth-order valence-corrected chi connectivity index (χ4v) is 3.87. The lowest BCUT2D eigenvalue weighted by Crippen LogP contribution is -2.56. The number of likely N-dealkylation sites (tertiary alicyclic amines) is 1. The van der Waals surface area contributed by atoms with Crippen molar-refractivity contribution in [2.75, 3.05) is 19.7 Å². The van der Waals surface area contributed by atoms with Gasteiger partial charge in [0.05, 0.1) is 11.8 Å². The van der Waals surface area contributed by atoms with Crippen LogP contribution in [0, 0.1) is 13.8 Å². The summed E-state index contributed by atoms with van der Waals surface area (Å²) < 4.78 is 8.01. The van der Waals surface area contributed by atoms with Gasteiger partial charge in [-0.15, -0.1) is 0 Å². The van der Waals surface area contributed by atoms with Gasteiger partial charge in [-0.05, 0) is 40.0 Å². The van der Waals surface area contributed by atoms with Crippen LogP contribution in [0.3, 0.4) is 0 Å². The van der Waals surface area contributed by atoms with E-state index in [0.717, 1.165) is 57.7 Å². The van der Waals surface area contributed by atoms with Crippen LogP contribution >= 0.6 is 0 Å². The lowest BCUT2D eigenvalue weighted by Gasteiger charge is -2.43. The summed E-state index contributed by atoms with van der Waals surface area (Å²) in [6.07, 6.45) is 2.55. The molecular weight excluding hydrogens is 266 g/mol. The zero-order valence-electron chi connectivity index (χ0n) is 13.4. The Morgan fingerprint density at radius 2 is 2.24 bits per heavy atom. The minimum absolute atomic E-state index is 0.309. The Morgan fingerprint density at radius 3 is 2.86 bits per heavy atom. The van der Waals surface area contributed by atoms with Crippen molar-refractivity contribution in [2.24, 2.45) is 0 Å². The lowest BCUT2D eigenvalue weighted by atomic mass is 9.87. The third-order valence-electron chi connectivity index (χ3n) is 5.16. The van der Waals surface area contributed by atoms with Gasteiger partial charge in [0.1, 0.15) is 5.60 Å². The molecule has 2 aliphatic rings. The van der Waals surface area contributed by atoms with Crippen LogP contribution < -0.4 is 0 Å². The normalized spacial score (nSPS) is 30.4. The highest BCUT2D eigenvalue weighted by Gasteiger charge is 2.46. The number of hydrogen-bond acceptors (Lipinski definition) is 4. The first kappa shape index (κ1) is 15.0. The minimum Gasteiger partial charge on any atom is -0.390 e. The van der Waals surface area contributed by atoms with Gasteiger partial charge in [-0.3, -0.25) is 9.58 Å². The number of aliphatic hydroxyl groups excluding tert-OH is 1. The average molecular weight is 293 g/mol. The van der Waals surface area contributed by atoms with E-state index in [0.29, 0.717) is 0 Å². The first-order valence-electron chi connectivity index (χ1n) is 8.13. The summed E-state index contributed by atoms with van der Waals surface area (Å²) in [7, 11) is 0. The summed E-state index contributed by atoms with van der Waals surface area (Å²) in [5.74, 6) is 0. The molecule has 0 radical (unpaired) electrons. The number of hydrogen-bond donors (Lipinski definition) is 1. The maximum Gasteiger partial charge on any atom is 0.107 e. The third-order valence-corrected chi connectivity index (χ3v) is 5.16. The minimum atomic E-state index is -0.319. The van der Waals surface area contributed by atoms with Crippen LogP contribution in [0.15, 0.2) is 0 Å². The molecule has 2 aliphatic heterocycles. The number of aromatic nitrogens is 2. The van der Waals surface area contributed by atoms with Crippen LogP contribution in [0.2, 0.25) is 0 Å². The smallest absolute Gasteiger partial charge is 0.107 e. The average Bonchev–Trinajstić information content (AvgIpc) is 3.03. The van der Waals surface area contributed by atoms with Crippen LogP contribution in [0.4, 0.5) is 0 Å². The molecule has 5 heteroatoms. The fourth-order valence-electron chi connectivity index (χ4n) is 3.87. The number of aryl methyl sites for hydroxylation is 2. The Labute approximate surface area is 126 Å². The Morgan fingerprint density at radius 1 is 1.43 bits per heavy atom. The second kappa shape index (κ2) is 5.71. The number of aliphatic hydroxyl groups is 1. The molecule has 21 heavy (non-hydrogen) atoms. The van der Waals surface area contributed by atoms with Crippen molar-refractivity contribution in [1.82, 2.24) is 14.7 Å². The molecule has 0 bridgehead atoms. The summed E-state index contributed by atoms with van der Waals surface area (Å²) in [5, 5.41) is 14.9. The molecule has 0 unspecified atom stereocenters. The van der Waals surface area contributed by atoms with E-state index in [2.05, 4.69) is 35.5 Å². The topological polar surface area (TPSA) is 50.5 Å². The van der Waals surface area contributed by atoms with Gasteiger partial charge >= 0.3 is 0 Å². The molecule has 0 aromatic carbocycles. The van der Waals surface area contributed by atoms with E-state index in [1.165, 1.54) is 11.3 Å². The zero-order valence-corrected chi connectivity index (χ0v) is 13.4. The molecule has 2 atom stereocenters. The van der Waals surface area contributed by atoms with Crippen LogP contribution in [0.25, 0.3) is 0 Å². The van der Waals surface area contributed by atoms with Crippen LogP contribution in [-0.4, -0.2) is 51.2 Å². The van der Waals surface area contributed by atoms with Gasteiger partial charge < -0.3 is 9.84 Å². The number of nitrogens with zero attached hydrogens (tertiary/aromatic N) is 3. The summed E-state index contributed by atoms with van der Waals surface area (Å²) in [4.78, 5) is 2.43. The number of ether oxygens (including phenoxy) is 1. The first-order valence-corrected chi connectivity index (χ1v) is 8.13. The standard InChI is InChI=1S/C16H27N3O2/c1-4-19-13(3)14(12(2)17-19)10-18-8-6-15(20)16(11-18)7-5-9-21-16/h15,20H,4-11H2,1-3H3/t15-,16-/m0/s1. The maximum absolute atomic E-state index is 10.3. The molecule has 1 spiro atoms. The lowest BCUT2D eigenvalue weighted by molar-refractivity contribution is -0.132. The van der Waals surface area contributed by atoms with Crippen molar-refractivity contribution in [3.05, 3.63) is 17.0 Å². The molecule has 1 aromatic rings. The van der Waals surface area contributed by atoms with Gasteiger partial charge in [0, 0.05) is 44.0 Å². The van der Waals surface area contributed by atoms with Crippen LogP contribution in [0.1, 0.15) is 43.1 Å². The molecule has 2 fully saturated rings. The van der Waals surface area contributed by atoms with E-state index >= 15 is 0 Å². The highest BCUT2D eigenvalue weighted by molar-refractivity contribution is 5.24. The molecule has 0 saturated carbocycles. The fraction of sp³-hybridized carbons (Fsp3) is 0.812. The highest BCUT2D eigenvalue weighted by Crippen LogP contribution is 2.35. The SMILES string of the molecule is CCn1nc(C)c(CN2CC[C@H](O)[C@]3(CCCO3)C2)c1C. The van der Waals surface area contributed by atoms with Crippen molar-refractivity contribution in [3.8, 4) is 0 Å². The van der Waals surface area contributed by atoms with Crippen LogP contribution in [0.5, 0.6) is 0 Å². The molecule has 0 amide bonds. The molecule has 118 valence electrons. The summed E-state index contributed by atoms with van der Waals surface area (Å²) in [6.45, 7) is 10.8. The molecule has 2 saturated heterocycles. The van der Waals surface area contributed by atoms with E-state index in [-0.39, 0.29) is 11.7 Å². The molecule has 1 aromatic heterocycles. The van der Waals surface area contributed by atoms with Gasteiger partial charge in [0.15, 0.2) is 0 Å². The Bertz CT molecular complexity index is 506. The third kappa shape index (κ3) is 2.62. The van der Waals surface area contributed by atoms with E-state index < -0.39 is 0 Å². The second-order valence-corrected chi connectivity index (χ2v) is 6.50. The largest absolute Gasteiger partial charge is 0.390 e. The predicted octanol–water partition coefficient (Wildman–Crippen LogP) is 1.64. The Kier molecular flexibility index (Phi) is 4.08. The Balaban J connectivity index is 1.75. The summed E-state index contributed by atoms with van der Waals surface area (Å²) in [6, 6.07) is 0. The molecule has 1 N–H and O–H groups in total. The zero-order chi connectivity index (χ0) is 15.0. The quantitative estimate of drug-likeness (QED) is 0.920. The summed E-state index contributed by atoms with van der Waals surface area (Å²) >= 11 is 0. The summed E-state index contributed by atoms with van der Waals surface area (Å²) in [5.41, 5.74) is 3.41. The molecule has 3 heterocycles. The molecule has 5 nitrogen and oxygen atoms in total. The number of piperidine rings is 1. The van der Waals surface area contributed by atoms with Crippen molar-refractivity contribution in [2.45, 2.75) is 64.8 Å². The van der Waals surface area contributed by atoms with Crippen LogP contribution in [-0.2, 0) is 17.8 Å². The van der Waals surface area contributed by atoms with Gasteiger partial charge in [-0.2, -0.15) is 5.10 Å². The van der Waals surface area contributed by atoms with Gasteiger partial charge in [0.2, 0.25) is 0 Å².